The van der Waals surface area contributed by atoms with Crippen LogP contribution in [0.3, 0.4) is 0 Å². The average Bonchev–Trinajstić information content (AvgIpc) is 2.95. The number of hydrogen-bond donors (Lipinski definition) is 1. The van der Waals surface area contributed by atoms with Gasteiger partial charge >= 0.3 is 5.97 Å². The lowest BCUT2D eigenvalue weighted by atomic mass is 10.1. The molecular weight excluding hydrogens is 270 g/mol. The van der Waals surface area contributed by atoms with Gasteiger partial charge in [-0.05, 0) is 37.6 Å². The topological polar surface area (TPSA) is 60.7 Å². The molecule has 0 fully saturated rings. The largest absolute Gasteiger partial charge is 0.496 e. The van der Waals surface area contributed by atoms with Crippen LogP contribution in [-0.2, 0) is 11.3 Å². The molecule has 0 aliphatic carbocycles. The molecule has 0 saturated heterocycles. The highest BCUT2D eigenvalue weighted by molar-refractivity contribution is 5.86. The van der Waals surface area contributed by atoms with Crippen LogP contribution in [0.25, 0.3) is 0 Å². The lowest BCUT2D eigenvalue weighted by Gasteiger charge is -2.14. The number of ether oxygens (including phenoxy) is 2. The molecule has 2 aromatic rings. The first kappa shape index (κ1) is 15.0. The second-order valence-electron chi connectivity index (χ2n) is 4.70. The molecule has 1 heterocycles. The summed E-state index contributed by atoms with van der Waals surface area (Å²) < 4.78 is 15.4. The quantitative estimate of drug-likeness (QED) is 0.856. The van der Waals surface area contributed by atoms with E-state index in [-0.39, 0.29) is 5.76 Å². The molecule has 21 heavy (non-hydrogen) atoms. The smallest absolute Gasteiger partial charge is 0.373 e. The van der Waals surface area contributed by atoms with Crippen LogP contribution in [0.5, 0.6) is 5.75 Å². The van der Waals surface area contributed by atoms with Gasteiger partial charge in [0.2, 0.25) is 5.76 Å². The van der Waals surface area contributed by atoms with Crippen LogP contribution in [0.15, 0.2) is 28.7 Å². The van der Waals surface area contributed by atoms with E-state index in [1.165, 1.54) is 7.11 Å². The average molecular weight is 289 g/mol. The lowest BCUT2D eigenvalue weighted by Crippen LogP contribution is -2.02. The van der Waals surface area contributed by atoms with Crippen LogP contribution in [0.1, 0.15) is 27.4 Å². The van der Waals surface area contributed by atoms with Crippen LogP contribution in [-0.4, -0.2) is 20.2 Å². The molecule has 1 N–H and O–H groups in total. The van der Waals surface area contributed by atoms with Gasteiger partial charge in [-0.2, -0.15) is 0 Å². The minimum absolute atomic E-state index is 0.201. The van der Waals surface area contributed by atoms with Gasteiger partial charge < -0.3 is 19.2 Å². The van der Waals surface area contributed by atoms with Crippen molar-refractivity contribution >= 4 is 11.7 Å². The number of carbonyl (C=O) groups excluding carboxylic acids is 1. The van der Waals surface area contributed by atoms with E-state index < -0.39 is 5.97 Å². The van der Waals surface area contributed by atoms with Gasteiger partial charge in [-0.1, -0.05) is 6.07 Å². The highest BCUT2D eigenvalue weighted by atomic mass is 16.5. The van der Waals surface area contributed by atoms with Gasteiger partial charge in [0.1, 0.15) is 11.5 Å². The number of nitrogens with one attached hydrogen (secondary N) is 1. The Labute approximate surface area is 123 Å². The van der Waals surface area contributed by atoms with E-state index in [1.54, 1.807) is 19.2 Å². The highest BCUT2D eigenvalue weighted by Crippen LogP contribution is 2.29. The molecule has 0 spiro atoms. The van der Waals surface area contributed by atoms with Gasteiger partial charge in [0.05, 0.1) is 20.8 Å². The van der Waals surface area contributed by atoms with E-state index in [0.717, 1.165) is 22.6 Å². The third kappa shape index (κ3) is 3.18. The second kappa shape index (κ2) is 6.35. The van der Waals surface area contributed by atoms with Crippen LogP contribution >= 0.6 is 0 Å². The molecule has 0 amide bonds. The number of rotatable bonds is 5. The molecule has 1 aromatic carbocycles. The second-order valence-corrected chi connectivity index (χ2v) is 4.70. The summed E-state index contributed by atoms with van der Waals surface area (Å²) >= 11 is 0. The van der Waals surface area contributed by atoms with Gasteiger partial charge in [-0.15, -0.1) is 0 Å². The van der Waals surface area contributed by atoms with Crippen LogP contribution in [0.4, 0.5) is 5.69 Å². The zero-order valence-electron chi connectivity index (χ0n) is 12.6. The minimum atomic E-state index is -0.477. The number of anilines is 1. The first-order valence-electron chi connectivity index (χ1n) is 6.62. The normalized spacial score (nSPS) is 10.3. The molecule has 0 atom stereocenters. The van der Waals surface area contributed by atoms with Gasteiger partial charge in [0, 0.05) is 11.3 Å². The molecule has 5 heteroatoms. The SMILES string of the molecule is COC(=O)c1ccc(CNc2ccc(C)c(OC)c2C)o1. The summed E-state index contributed by atoms with van der Waals surface area (Å²) in [5, 5.41) is 3.28. The monoisotopic (exact) mass is 289 g/mol. The molecular formula is C16H19NO4. The molecule has 0 unspecified atom stereocenters. The molecule has 2 rings (SSSR count). The van der Waals surface area contributed by atoms with Crippen molar-refractivity contribution in [1.29, 1.82) is 0 Å². The third-order valence-electron chi connectivity index (χ3n) is 3.31. The number of aryl methyl sites for hydroxylation is 1. The van der Waals surface area contributed by atoms with E-state index in [9.17, 15) is 4.79 Å². The number of carbonyl (C=O) groups is 1. The molecule has 0 aliphatic rings. The lowest BCUT2D eigenvalue weighted by molar-refractivity contribution is 0.0563. The van der Waals surface area contributed by atoms with Gasteiger partial charge in [0.15, 0.2) is 0 Å². The predicted octanol–water partition coefficient (Wildman–Crippen LogP) is 3.30. The highest BCUT2D eigenvalue weighted by Gasteiger charge is 2.12. The predicted molar refractivity (Wildman–Crippen MR) is 79.8 cm³/mol. The summed E-state index contributed by atoms with van der Waals surface area (Å²) in [4.78, 5) is 11.3. The van der Waals surface area contributed by atoms with Crippen LogP contribution in [0, 0.1) is 13.8 Å². The number of furan rings is 1. The fourth-order valence-electron chi connectivity index (χ4n) is 2.20. The Hall–Kier alpha value is -2.43. The summed E-state index contributed by atoms with van der Waals surface area (Å²) in [7, 11) is 2.99. The van der Waals surface area contributed by atoms with E-state index in [0.29, 0.717) is 12.3 Å². The molecule has 0 aliphatic heterocycles. The Bertz CT molecular complexity index is 646. The number of esters is 1. The van der Waals surface area contributed by atoms with Crippen molar-refractivity contribution in [2.45, 2.75) is 20.4 Å². The van der Waals surface area contributed by atoms with E-state index >= 15 is 0 Å². The molecule has 112 valence electrons. The van der Waals surface area contributed by atoms with Gasteiger partial charge in [-0.3, -0.25) is 0 Å². The first-order valence-corrected chi connectivity index (χ1v) is 6.62. The van der Waals surface area contributed by atoms with Crippen molar-refractivity contribution in [2.24, 2.45) is 0 Å². The molecule has 0 saturated carbocycles. The zero-order valence-corrected chi connectivity index (χ0v) is 12.6. The van der Waals surface area contributed by atoms with Crippen molar-refractivity contribution in [3.8, 4) is 5.75 Å². The first-order chi connectivity index (χ1) is 10.1. The van der Waals surface area contributed by atoms with E-state index in [2.05, 4.69) is 10.1 Å². The van der Waals surface area contributed by atoms with Crippen molar-refractivity contribution in [3.05, 3.63) is 46.9 Å². The molecule has 5 nitrogen and oxygen atoms in total. The summed E-state index contributed by atoms with van der Waals surface area (Å²) in [6.07, 6.45) is 0. The van der Waals surface area contributed by atoms with Crippen molar-refractivity contribution < 1.29 is 18.7 Å². The fourth-order valence-corrected chi connectivity index (χ4v) is 2.20. The Morgan fingerprint density at radius 2 is 1.95 bits per heavy atom. The Morgan fingerprint density at radius 1 is 1.19 bits per heavy atom. The van der Waals surface area contributed by atoms with Gasteiger partial charge in [0.25, 0.3) is 0 Å². The summed E-state index contributed by atoms with van der Waals surface area (Å²) in [6, 6.07) is 7.35. The number of methoxy groups -OCH3 is 2. The molecule has 0 radical (unpaired) electrons. The van der Waals surface area contributed by atoms with Crippen molar-refractivity contribution in [3.63, 3.8) is 0 Å². The zero-order chi connectivity index (χ0) is 15.4. The molecule has 1 aromatic heterocycles. The van der Waals surface area contributed by atoms with Crippen LogP contribution < -0.4 is 10.1 Å². The number of benzene rings is 1. The Kier molecular flexibility index (Phi) is 4.52. The molecule has 0 bridgehead atoms. The fraction of sp³-hybridized carbons (Fsp3) is 0.312. The Morgan fingerprint density at radius 3 is 2.62 bits per heavy atom. The van der Waals surface area contributed by atoms with Crippen molar-refractivity contribution in [1.82, 2.24) is 0 Å². The van der Waals surface area contributed by atoms with Crippen molar-refractivity contribution in [2.75, 3.05) is 19.5 Å². The third-order valence-corrected chi connectivity index (χ3v) is 3.31. The summed E-state index contributed by atoms with van der Waals surface area (Å²) in [5.41, 5.74) is 3.09. The van der Waals surface area contributed by atoms with Crippen LogP contribution in [0.2, 0.25) is 0 Å². The maximum absolute atomic E-state index is 11.3. The maximum Gasteiger partial charge on any atom is 0.373 e. The maximum atomic E-state index is 11.3. The van der Waals surface area contributed by atoms with Gasteiger partial charge in [-0.25, -0.2) is 4.79 Å². The minimum Gasteiger partial charge on any atom is -0.496 e. The number of hydrogen-bond acceptors (Lipinski definition) is 5. The summed E-state index contributed by atoms with van der Waals surface area (Å²) in [6.45, 7) is 4.48. The van der Waals surface area contributed by atoms with E-state index in [4.69, 9.17) is 9.15 Å². The standard InChI is InChI=1S/C16H19NO4/c1-10-5-7-13(11(2)15(10)19-3)17-9-12-6-8-14(21-12)16(18)20-4/h5-8,17H,9H2,1-4H3. The summed E-state index contributed by atoms with van der Waals surface area (Å²) in [5.74, 6) is 1.26. The van der Waals surface area contributed by atoms with E-state index in [1.807, 2.05) is 26.0 Å². The Balaban J connectivity index is 2.10.